The predicted octanol–water partition coefficient (Wildman–Crippen LogP) is 5.04. The number of ether oxygens (including phenoxy) is 2. The molecule has 9 nitrogen and oxygen atoms in total. The van der Waals surface area contributed by atoms with Gasteiger partial charge in [-0.3, -0.25) is 19.2 Å². The molecule has 6 rings (SSSR count). The SMILES string of the molecule is CCOc1cc([C@H]2c3sc(=O)[nH]c3SC3C(=O)N(c4ccccc4C(F)(F)F)C(=O)C32)ccc1OCC(=O)N1CCCCC1. The minimum Gasteiger partial charge on any atom is -0.490 e. The van der Waals surface area contributed by atoms with Crippen LogP contribution in [0.5, 0.6) is 11.5 Å². The fourth-order valence-corrected chi connectivity index (χ4v) is 8.52. The van der Waals surface area contributed by atoms with Gasteiger partial charge in [0.15, 0.2) is 18.1 Å². The Morgan fingerprint density at radius 1 is 1.00 bits per heavy atom. The number of para-hydroxylation sites is 1. The summed E-state index contributed by atoms with van der Waals surface area (Å²) in [5.74, 6) is -3.03. The van der Waals surface area contributed by atoms with E-state index in [-0.39, 0.29) is 24.0 Å². The summed E-state index contributed by atoms with van der Waals surface area (Å²) in [6, 6.07) is 9.39. The van der Waals surface area contributed by atoms with Crippen molar-refractivity contribution >= 4 is 46.5 Å². The van der Waals surface area contributed by atoms with Crippen molar-refractivity contribution in [2.24, 2.45) is 5.92 Å². The standard InChI is InChI=1S/C30H28F3N3O6S2/c1-2-41-20-14-16(10-11-19(20)42-15-21(37)35-12-6-3-7-13-35)22-23-25(43-26-24(22)44-29(40)34-26)28(39)36(27(23)38)18-9-5-4-8-17(18)30(31,32)33/h4-5,8-11,14,22-23,25H,2-3,6-7,12-13,15H2,1H3,(H,34,40)/t22-,23?,25?/m1/s1. The smallest absolute Gasteiger partial charge is 0.418 e. The fourth-order valence-electron chi connectivity index (χ4n) is 6.00. The lowest BCUT2D eigenvalue weighted by Crippen LogP contribution is -2.38. The first kappa shape index (κ1) is 30.3. The number of carbonyl (C=O) groups is 3. The number of H-pyrrole nitrogens is 1. The number of rotatable bonds is 7. The molecule has 0 aliphatic carbocycles. The fraction of sp³-hybridized carbons (Fsp3) is 0.400. The van der Waals surface area contributed by atoms with Crippen LogP contribution in [0.25, 0.3) is 0 Å². The minimum absolute atomic E-state index is 0.139. The number of benzene rings is 2. The molecule has 0 saturated carbocycles. The number of hydrogen-bond donors (Lipinski definition) is 1. The van der Waals surface area contributed by atoms with Crippen molar-refractivity contribution in [3.05, 3.63) is 68.1 Å². The van der Waals surface area contributed by atoms with Crippen molar-refractivity contribution in [2.75, 3.05) is 31.2 Å². The molecular formula is C30H28F3N3O6S2. The molecule has 0 bridgehead atoms. The van der Waals surface area contributed by atoms with E-state index in [0.29, 0.717) is 45.0 Å². The molecule has 14 heteroatoms. The molecule has 2 unspecified atom stereocenters. The molecular weight excluding hydrogens is 619 g/mol. The summed E-state index contributed by atoms with van der Waals surface area (Å²) in [5.41, 5.74) is -1.11. The van der Waals surface area contributed by atoms with Gasteiger partial charge in [-0.2, -0.15) is 13.2 Å². The third kappa shape index (κ3) is 5.49. The minimum atomic E-state index is -4.79. The van der Waals surface area contributed by atoms with Crippen LogP contribution in [0.4, 0.5) is 18.9 Å². The summed E-state index contributed by atoms with van der Waals surface area (Å²) in [5, 5.41) is -0.677. The van der Waals surface area contributed by atoms with E-state index in [1.54, 1.807) is 30.0 Å². The number of piperidine rings is 1. The highest BCUT2D eigenvalue weighted by molar-refractivity contribution is 8.00. The molecule has 2 aromatic carbocycles. The molecule has 3 amide bonds. The largest absolute Gasteiger partial charge is 0.490 e. The van der Waals surface area contributed by atoms with E-state index in [2.05, 4.69) is 4.98 Å². The van der Waals surface area contributed by atoms with Gasteiger partial charge in [0.2, 0.25) is 11.8 Å². The van der Waals surface area contributed by atoms with Crippen molar-refractivity contribution in [1.29, 1.82) is 0 Å². The molecule has 44 heavy (non-hydrogen) atoms. The molecule has 3 aliphatic rings. The second kappa shape index (κ2) is 12.0. The van der Waals surface area contributed by atoms with E-state index in [4.69, 9.17) is 9.47 Å². The van der Waals surface area contributed by atoms with Gasteiger partial charge in [0.25, 0.3) is 5.91 Å². The Kier molecular flexibility index (Phi) is 8.22. The van der Waals surface area contributed by atoms with Crippen LogP contribution >= 0.6 is 23.1 Å². The Labute approximate surface area is 258 Å². The molecule has 1 aromatic heterocycles. The normalized spacial score (nSPS) is 21.7. The molecule has 232 valence electrons. The monoisotopic (exact) mass is 647 g/mol. The van der Waals surface area contributed by atoms with Crippen LogP contribution in [-0.4, -0.2) is 59.2 Å². The molecule has 3 atom stereocenters. The first-order valence-electron chi connectivity index (χ1n) is 14.2. The van der Waals surface area contributed by atoms with Gasteiger partial charge in [-0.1, -0.05) is 41.3 Å². The number of nitrogens with one attached hydrogen (secondary N) is 1. The Hall–Kier alpha value is -3.78. The number of aromatic amines is 1. The number of carbonyl (C=O) groups excluding carboxylic acids is 3. The third-order valence-corrected chi connectivity index (χ3v) is 10.4. The number of hydrogen-bond acceptors (Lipinski definition) is 8. The third-order valence-electron chi connectivity index (χ3n) is 7.96. The molecule has 1 N–H and O–H groups in total. The number of alkyl halides is 3. The number of anilines is 1. The van der Waals surface area contributed by atoms with Crippen LogP contribution < -0.4 is 19.2 Å². The highest BCUT2D eigenvalue weighted by Crippen LogP contribution is 2.54. The average Bonchev–Trinajstić information content (AvgIpc) is 3.50. The zero-order valence-corrected chi connectivity index (χ0v) is 25.2. The lowest BCUT2D eigenvalue weighted by molar-refractivity contribution is -0.137. The Balaban J connectivity index is 1.36. The van der Waals surface area contributed by atoms with E-state index >= 15 is 0 Å². The predicted molar refractivity (Wildman–Crippen MR) is 157 cm³/mol. The zero-order valence-electron chi connectivity index (χ0n) is 23.5. The molecule has 4 heterocycles. The number of aromatic nitrogens is 1. The Morgan fingerprint density at radius 2 is 1.75 bits per heavy atom. The van der Waals surface area contributed by atoms with Crippen molar-refractivity contribution < 1.29 is 37.0 Å². The van der Waals surface area contributed by atoms with Crippen LogP contribution in [0.2, 0.25) is 0 Å². The average molecular weight is 648 g/mol. The van der Waals surface area contributed by atoms with Crippen molar-refractivity contribution in [3.8, 4) is 11.5 Å². The van der Waals surface area contributed by atoms with Gasteiger partial charge in [0, 0.05) is 23.9 Å². The quantitative estimate of drug-likeness (QED) is 0.358. The first-order chi connectivity index (χ1) is 21.1. The Morgan fingerprint density at radius 3 is 2.48 bits per heavy atom. The summed E-state index contributed by atoms with van der Waals surface area (Å²) in [6.07, 6.45) is -1.82. The van der Waals surface area contributed by atoms with Gasteiger partial charge >= 0.3 is 11.0 Å². The van der Waals surface area contributed by atoms with Gasteiger partial charge in [-0.15, -0.1) is 0 Å². The molecule has 2 fully saturated rings. The number of imide groups is 1. The summed E-state index contributed by atoms with van der Waals surface area (Å²) in [6.45, 7) is 3.21. The molecule has 3 aliphatic heterocycles. The lowest BCUT2D eigenvalue weighted by Gasteiger charge is -2.30. The number of halogens is 3. The number of likely N-dealkylation sites (tertiary alicyclic amines) is 1. The molecule has 0 radical (unpaired) electrons. The van der Waals surface area contributed by atoms with Crippen LogP contribution in [0.3, 0.4) is 0 Å². The van der Waals surface area contributed by atoms with Gasteiger partial charge in [-0.05, 0) is 56.0 Å². The number of fused-ring (bicyclic) bond motifs is 2. The second-order valence-corrected chi connectivity index (χ2v) is 12.8. The number of thioether (sulfide) groups is 1. The highest BCUT2D eigenvalue weighted by Gasteiger charge is 2.57. The van der Waals surface area contributed by atoms with Gasteiger partial charge in [0.05, 0.1) is 28.8 Å². The summed E-state index contributed by atoms with van der Waals surface area (Å²) in [7, 11) is 0. The number of nitrogens with zero attached hydrogens (tertiary/aromatic N) is 2. The maximum atomic E-state index is 14.0. The van der Waals surface area contributed by atoms with Gasteiger partial charge in [0.1, 0.15) is 5.25 Å². The topological polar surface area (TPSA) is 109 Å². The summed E-state index contributed by atoms with van der Waals surface area (Å²) in [4.78, 5) is 58.0. The Bertz CT molecular complexity index is 1670. The number of thiazole rings is 1. The molecule has 0 spiro atoms. The first-order valence-corrected chi connectivity index (χ1v) is 15.9. The molecule has 2 saturated heterocycles. The van der Waals surface area contributed by atoms with E-state index in [9.17, 15) is 32.3 Å². The van der Waals surface area contributed by atoms with Gasteiger partial charge < -0.3 is 19.4 Å². The number of amides is 3. The van der Waals surface area contributed by atoms with Crippen LogP contribution in [0.1, 0.15) is 48.1 Å². The highest BCUT2D eigenvalue weighted by atomic mass is 32.2. The van der Waals surface area contributed by atoms with E-state index in [1.807, 2.05) is 0 Å². The van der Waals surface area contributed by atoms with Crippen LogP contribution in [-0.2, 0) is 20.6 Å². The summed E-state index contributed by atoms with van der Waals surface area (Å²) >= 11 is 1.86. The van der Waals surface area contributed by atoms with E-state index < -0.39 is 46.3 Å². The van der Waals surface area contributed by atoms with Crippen LogP contribution in [0.15, 0.2) is 52.3 Å². The van der Waals surface area contributed by atoms with Crippen molar-refractivity contribution in [2.45, 2.75) is 48.6 Å². The van der Waals surface area contributed by atoms with Crippen molar-refractivity contribution in [3.63, 3.8) is 0 Å². The maximum absolute atomic E-state index is 14.0. The van der Waals surface area contributed by atoms with Gasteiger partial charge in [-0.25, -0.2) is 4.90 Å². The van der Waals surface area contributed by atoms with E-state index in [1.165, 1.54) is 12.1 Å². The van der Waals surface area contributed by atoms with Crippen LogP contribution in [0, 0.1) is 5.92 Å². The summed E-state index contributed by atoms with van der Waals surface area (Å²) < 4.78 is 53.4. The lowest BCUT2D eigenvalue weighted by atomic mass is 9.83. The zero-order chi connectivity index (χ0) is 31.2. The molecule has 3 aromatic rings. The van der Waals surface area contributed by atoms with Crippen molar-refractivity contribution in [1.82, 2.24) is 9.88 Å². The maximum Gasteiger partial charge on any atom is 0.418 e. The van der Waals surface area contributed by atoms with E-state index in [0.717, 1.165) is 54.5 Å². The second-order valence-electron chi connectivity index (χ2n) is 10.6.